The van der Waals surface area contributed by atoms with Crippen molar-refractivity contribution < 1.29 is 13.9 Å². The molecule has 1 unspecified atom stereocenters. The van der Waals surface area contributed by atoms with E-state index in [1.165, 1.54) is 19.2 Å². The fourth-order valence-corrected chi connectivity index (χ4v) is 1.51. The van der Waals surface area contributed by atoms with Gasteiger partial charge in [-0.05, 0) is 31.7 Å². The van der Waals surface area contributed by atoms with Crippen LogP contribution in [0.1, 0.15) is 18.9 Å². The Morgan fingerprint density at radius 2 is 2.00 bits per heavy atom. The normalized spacial score (nSPS) is 12.5. The summed E-state index contributed by atoms with van der Waals surface area (Å²) in [5.41, 5.74) is 1.02. The van der Waals surface area contributed by atoms with E-state index in [0.717, 1.165) is 5.56 Å². The number of carbonyl (C=O) groups is 1. The van der Waals surface area contributed by atoms with Crippen molar-refractivity contribution in [1.82, 2.24) is 4.90 Å². The van der Waals surface area contributed by atoms with Gasteiger partial charge < -0.3 is 4.74 Å². The first-order valence-corrected chi connectivity index (χ1v) is 5.54. The second kappa shape index (κ2) is 6.35. The first-order valence-electron chi connectivity index (χ1n) is 5.54. The minimum atomic E-state index is -0.237. The first kappa shape index (κ1) is 13.6. The monoisotopic (exact) mass is 239 g/mol. The molecule has 4 heteroatoms. The molecule has 17 heavy (non-hydrogen) atoms. The van der Waals surface area contributed by atoms with E-state index < -0.39 is 0 Å². The lowest BCUT2D eigenvalue weighted by Crippen LogP contribution is -2.31. The summed E-state index contributed by atoms with van der Waals surface area (Å²) in [5, 5.41) is 0. The number of benzene rings is 1. The maximum atomic E-state index is 12.7. The molecule has 0 saturated carbocycles. The number of halogens is 1. The van der Waals surface area contributed by atoms with Crippen LogP contribution in [0.5, 0.6) is 0 Å². The van der Waals surface area contributed by atoms with Gasteiger partial charge in [0.2, 0.25) is 0 Å². The Bertz CT molecular complexity index is 364. The fourth-order valence-electron chi connectivity index (χ4n) is 1.51. The Morgan fingerprint density at radius 3 is 2.53 bits per heavy atom. The minimum Gasteiger partial charge on any atom is -0.469 e. The predicted molar refractivity (Wildman–Crippen MR) is 64.0 cm³/mol. The van der Waals surface area contributed by atoms with Gasteiger partial charge in [-0.15, -0.1) is 0 Å². The molecule has 0 fully saturated rings. The van der Waals surface area contributed by atoms with Crippen molar-refractivity contribution in [3.8, 4) is 0 Å². The summed E-state index contributed by atoms with van der Waals surface area (Å²) >= 11 is 0. The highest BCUT2D eigenvalue weighted by atomic mass is 19.1. The molecule has 0 aliphatic rings. The van der Waals surface area contributed by atoms with E-state index in [1.54, 1.807) is 12.1 Å². The molecule has 0 amide bonds. The average molecular weight is 239 g/mol. The summed E-state index contributed by atoms with van der Waals surface area (Å²) < 4.78 is 17.3. The van der Waals surface area contributed by atoms with Crippen molar-refractivity contribution in [3.05, 3.63) is 35.6 Å². The zero-order valence-corrected chi connectivity index (χ0v) is 10.4. The van der Waals surface area contributed by atoms with Crippen molar-refractivity contribution >= 4 is 5.97 Å². The molecule has 1 aromatic rings. The summed E-state index contributed by atoms with van der Waals surface area (Å²) in [7, 11) is 3.31. The summed E-state index contributed by atoms with van der Waals surface area (Å²) in [6.07, 6.45) is 0.355. The Kier molecular flexibility index (Phi) is 5.10. The Morgan fingerprint density at radius 1 is 1.41 bits per heavy atom. The van der Waals surface area contributed by atoms with Gasteiger partial charge in [0.1, 0.15) is 5.82 Å². The Balaban J connectivity index is 2.50. The zero-order chi connectivity index (χ0) is 12.8. The SMILES string of the molecule is COC(=O)CC(C)N(C)Cc1ccc(F)cc1. The number of hydrogen-bond acceptors (Lipinski definition) is 3. The number of ether oxygens (including phenoxy) is 1. The predicted octanol–water partition coefficient (Wildman–Crippen LogP) is 2.21. The van der Waals surface area contributed by atoms with Crippen LogP contribution in [0.15, 0.2) is 24.3 Å². The smallest absolute Gasteiger partial charge is 0.307 e. The fraction of sp³-hybridized carbons (Fsp3) is 0.462. The van der Waals surface area contributed by atoms with Crippen LogP contribution in [0.3, 0.4) is 0 Å². The second-order valence-corrected chi connectivity index (χ2v) is 4.17. The van der Waals surface area contributed by atoms with Crippen molar-refractivity contribution in [1.29, 1.82) is 0 Å². The van der Waals surface area contributed by atoms with E-state index in [4.69, 9.17) is 0 Å². The third-order valence-corrected chi connectivity index (χ3v) is 2.79. The van der Waals surface area contributed by atoms with Gasteiger partial charge in [0.15, 0.2) is 0 Å². The summed E-state index contributed by atoms with van der Waals surface area (Å²) in [5.74, 6) is -0.456. The lowest BCUT2D eigenvalue weighted by atomic mass is 10.1. The number of carbonyl (C=O) groups excluding carboxylic acids is 1. The lowest BCUT2D eigenvalue weighted by molar-refractivity contribution is -0.141. The van der Waals surface area contributed by atoms with E-state index in [1.807, 2.05) is 18.9 Å². The molecule has 1 aromatic carbocycles. The molecule has 0 radical (unpaired) electrons. The van der Waals surface area contributed by atoms with Gasteiger partial charge in [0, 0.05) is 12.6 Å². The standard InChI is InChI=1S/C13H18FNO2/c1-10(8-13(16)17-3)15(2)9-11-4-6-12(14)7-5-11/h4-7,10H,8-9H2,1-3H3. The molecule has 3 nitrogen and oxygen atoms in total. The molecular weight excluding hydrogens is 221 g/mol. The summed E-state index contributed by atoms with van der Waals surface area (Å²) in [6, 6.07) is 6.46. The van der Waals surface area contributed by atoms with Crippen molar-refractivity contribution in [3.63, 3.8) is 0 Å². The van der Waals surface area contributed by atoms with Crippen LogP contribution in [0.4, 0.5) is 4.39 Å². The average Bonchev–Trinajstić information content (AvgIpc) is 2.31. The molecule has 0 heterocycles. The van der Waals surface area contributed by atoms with E-state index >= 15 is 0 Å². The maximum absolute atomic E-state index is 12.7. The van der Waals surface area contributed by atoms with Crippen LogP contribution in [-0.2, 0) is 16.1 Å². The molecule has 0 aliphatic carbocycles. The number of hydrogen-bond donors (Lipinski definition) is 0. The summed E-state index contributed by atoms with van der Waals surface area (Å²) in [4.78, 5) is 13.2. The number of nitrogens with zero attached hydrogens (tertiary/aromatic N) is 1. The molecule has 1 atom stereocenters. The van der Waals surface area contributed by atoms with Crippen LogP contribution >= 0.6 is 0 Å². The zero-order valence-electron chi connectivity index (χ0n) is 10.4. The maximum Gasteiger partial charge on any atom is 0.307 e. The van der Waals surface area contributed by atoms with Gasteiger partial charge in [-0.3, -0.25) is 9.69 Å². The van der Waals surface area contributed by atoms with E-state index in [-0.39, 0.29) is 17.8 Å². The molecule has 0 spiro atoms. The van der Waals surface area contributed by atoms with Crippen LogP contribution < -0.4 is 0 Å². The molecule has 0 bridgehead atoms. The van der Waals surface area contributed by atoms with Crippen molar-refractivity contribution in [2.45, 2.75) is 25.9 Å². The van der Waals surface area contributed by atoms with Crippen molar-refractivity contribution in [2.75, 3.05) is 14.2 Å². The topological polar surface area (TPSA) is 29.5 Å². The van der Waals surface area contributed by atoms with E-state index in [0.29, 0.717) is 13.0 Å². The Labute approximate surface area is 101 Å². The Hall–Kier alpha value is -1.42. The van der Waals surface area contributed by atoms with Crippen LogP contribution in [-0.4, -0.2) is 31.1 Å². The first-order chi connectivity index (χ1) is 8.02. The highest BCUT2D eigenvalue weighted by Gasteiger charge is 2.14. The van der Waals surface area contributed by atoms with Gasteiger partial charge in [-0.1, -0.05) is 12.1 Å². The van der Waals surface area contributed by atoms with Crippen LogP contribution in [0.2, 0.25) is 0 Å². The lowest BCUT2D eigenvalue weighted by Gasteiger charge is -2.23. The summed E-state index contributed by atoms with van der Waals surface area (Å²) in [6.45, 7) is 2.64. The third-order valence-electron chi connectivity index (χ3n) is 2.79. The van der Waals surface area contributed by atoms with Crippen LogP contribution in [0.25, 0.3) is 0 Å². The highest BCUT2D eigenvalue weighted by Crippen LogP contribution is 2.10. The van der Waals surface area contributed by atoms with E-state index in [2.05, 4.69) is 4.74 Å². The minimum absolute atomic E-state index is 0.0903. The molecular formula is C13H18FNO2. The molecule has 94 valence electrons. The molecule has 1 rings (SSSR count). The third kappa shape index (κ3) is 4.53. The number of rotatable bonds is 5. The molecule has 0 saturated heterocycles. The molecule has 0 aliphatic heterocycles. The second-order valence-electron chi connectivity index (χ2n) is 4.17. The number of methoxy groups -OCH3 is 1. The van der Waals surface area contributed by atoms with Gasteiger partial charge in [-0.25, -0.2) is 4.39 Å². The quantitative estimate of drug-likeness (QED) is 0.738. The van der Waals surface area contributed by atoms with Gasteiger partial charge in [0.05, 0.1) is 13.5 Å². The van der Waals surface area contributed by atoms with E-state index in [9.17, 15) is 9.18 Å². The van der Waals surface area contributed by atoms with Crippen LogP contribution in [0, 0.1) is 5.82 Å². The highest BCUT2D eigenvalue weighted by molar-refractivity contribution is 5.69. The van der Waals surface area contributed by atoms with Crippen molar-refractivity contribution in [2.24, 2.45) is 0 Å². The largest absolute Gasteiger partial charge is 0.469 e. The van der Waals surface area contributed by atoms with Gasteiger partial charge in [-0.2, -0.15) is 0 Å². The number of esters is 1. The van der Waals surface area contributed by atoms with Gasteiger partial charge >= 0.3 is 5.97 Å². The molecule has 0 aromatic heterocycles. The van der Waals surface area contributed by atoms with Gasteiger partial charge in [0.25, 0.3) is 0 Å². The molecule has 0 N–H and O–H groups in total.